The van der Waals surface area contributed by atoms with Crippen LogP contribution in [-0.2, 0) is 25.9 Å². The van der Waals surface area contributed by atoms with E-state index in [1.807, 2.05) is 41.1 Å². The minimum Gasteiger partial charge on any atom is -0.356 e. The maximum atomic E-state index is 12.2. The van der Waals surface area contributed by atoms with Gasteiger partial charge in [-0.2, -0.15) is 5.10 Å². The average Bonchev–Trinajstić information content (AvgIpc) is 3.37. The van der Waals surface area contributed by atoms with E-state index in [1.165, 1.54) is 5.69 Å². The zero-order valence-electron chi connectivity index (χ0n) is 16.2. The first-order valence-corrected chi connectivity index (χ1v) is 9.74. The predicted molar refractivity (Wildman–Crippen MR) is 106 cm³/mol. The number of hydrogen-bond donors (Lipinski definition) is 2. The Kier molecular flexibility index (Phi) is 5.25. The molecule has 2 aromatic heterocycles. The van der Waals surface area contributed by atoms with E-state index in [4.69, 9.17) is 4.52 Å². The van der Waals surface area contributed by atoms with Crippen LogP contribution in [0, 0.1) is 0 Å². The van der Waals surface area contributed by atoms with Crippen molar-refractivity contribution in [1.82, 2.24) is 25.6 Å². The number of fused-ring (bicyclic) bond motifs is 1. The first kappa shape index (κ1) is 18.4. The van der Waals surface area contributed by atoms with E-state index < -0.39 is 0 Å². The third-order valence-electron chi connectivity index (χ3n) is 5.28. The Hall–Kier alpha value is -2.93. The summed E-state index contributed by atoms with van der Waals surface area (Å²) in [5, 5.41) is 15.0. The van der Waals surface area contributed by atoms with Crippen LogP contribution in [-0.4, -0.2) is 33.9 Å². The Morgan fingerprint density at radius 2 is 2.14 bits per heavy atom. The van der Waals surface area contributed by atoms with Gasteiger partial charge in [0.2, 0.25) is 0 Å². The van der Waals surface area contributed by atoms with E-state index in [9.17, 15) is 4.79 Å². The molecule has 4 rings (SSSR count). The Balaban J connectivity index is 1.44. The lowest BCUT2D eigenvalue weighted by Gasteiger charge is -2.24. The van der Waals surface area contributed by atoms with E-state index in [0.717, 1.165) is 48.4 Å². The van der Waals surface area contributed by atoms with E-state index in [0.29, 0.717) is 12.2 Å². The van der Waals surface area contributed by atoms with Gasteiger partial charge in [0.05, 0.1) is 5.69 Å². The molecule has 146 valence electrons. The number of rotatable bonds is 6. The number of hydrogen-bond acceptors (Lipinski definition) is 5. The highest BCUT2D eigenvalue weighted by molar-refractivity contribution is 5.93. The van der Waals surface area contributed by atoms with Gasteiger partial charge in [-0.15, -0.1) is 0 Å². The zero-order valence-corrected chi connectivity index (χ0v) is 16.2. The molecule has 0 fully saturated rings. The summed E-state index contributed by atoms with van der Waals surface area (Å²) in [4.78, 5) is 12.2. The topological polar surface area (TPSA) is 85.0 Å². The SMILES string of the molecule is CCn1nc(C(=O)NC)c2c1CCC(NCc1cc(-c3ccccc3)on1)C2. The minimum atomic E-state index is -0.117. The second-order valence-electron chi connectivity index (χ2n) is 7.04. The zero-order chi connectivity index (χ0) is 19.5. The molecule has 0 bridgehead atoms. The van der Waals surface area contributed by atoms with Gasteiger partial charge in [-0.3, -0.25) is 9.48 Å². The van der Waals surface area contributed by atoms with Crippen molar-refractivity contribution in [2.45, 2.75) is 45.3 Å². The molecule has 0 radical (unpaired) electrons. The monoisotopic (exact) mass is 379 g/mol. The number of amides is 1. The summed E-state index contributed by atoms with van der Waals surface area (Å²) in [5.41, 5.74) is 4.70. The van der Waals surface area contributed by atoms with E-state index >= 15 is 0 Å². The largest absolute Gasteiger partial charge is 0.356 e. The number of aromatic nitrogens is 3. The van der Waals surface area contributed by atoms with Crippen LogP contribution in [0.5, 0.6) is 0 Å². The van der Waals surface area contributed by atoms with Crippen LogP contribution < -0.4 is 10.6 Å². The summed E-state index contributed by atoms with van der Waals surface area (Å²) in [7, 11) is 1.65. The van der Waals surface area contributed by atoms with Crippen LogP contribution in [0.4, 0.5) is 0 Å². The molecule has 0 saturated heterocycles. The van der Waals surface area contributed by atoms with E-state index in [-0.39, 0.29) is 11.9 Å². The van der Waals surface area contributed by atoms with Crippen LogP contribution in [0.3, 0.4) is 0 Å². The van der Waals surface area contributed by atoms with Crippen LogP contribution in [0.2, 0.25) is 0 Å². The smallest absolute Gasteiger partial charge is 0.271 e. The fourth-order valence-corrected chi connectivity index (χ4v) is 3.81. The van der Waals surface area contributed by atoms with Gasteiger partial charge in [0.1, 0.15) is 0 Å². The van der Waals surface area contributed by atoms with E-state index in [1.54, 1.807) is 7.05 Å². The maximum absolute atomic E-state index is 12.2. The standard InChI is InChI=1S/C21H25N5O2/c1-3-26-18-10-9-15(11-17(18)20(24-26)21(27)22-2)23-13-16-12-19(28-25-16)14-7-5-4-6-8-14/h4-8,12,15,23H,3,9-11,13H2,1-2H3,(H,22,27). The third-order valence-corrected chi connectivity index (χ3v) is 5.28. The van der Waals surface area contributed by atoms with Crippen molar-refractivity contribution in [3.8, 4) is 11.3 Å². The molecule has 0 spiro atoms. The normalized spacial score (nSPS) is 16.0. The van der Waals surface area contributed by atoms with Crippen molar-refractivity contribution in [3.63, 3.8) is 0 Å². The van der Waals surface area contributed by atoms with Gasteiger partial charge in [0.15, 0.2) is 11.5 Å². The highest BCUT2D eigenvalue weighted by Gasteiger charge is 2.28. The molecule has 0 saturated carbocycles. The van der Waals surface area contributed by atoms with Crippen LogP contribution in [0.1, 0.15) is 40.8 Å². The molecular formula is C21H25N5O2. The van der Waals surface area contributed by atoms with E-state index in [2.05, 4.69) is 27.8 Å². The molecule has 1 amide bonds. The first-order chi connectivity index (χ1) is 13.7. The molecule has 28 heavy (non-hydrogen) atoms. The van der Waals surface area contributed by atoms with Crippen molar-refractivity contribution >= 4 is 5.91 Å². The molecule has 1 aliphatic rings. The summed E-state index contributed by atoms with van der Waals surface area (Å²) >= 11 is 0. The van der Waals surface area contributed by atoms with Gasteiger partial charge in [-0.1, -0.05) is 35.5 Å². The lowest BCUT2D eigenvalue weighted by atomic mass is 9.91. The Morgan fingerprint density at radius 1 is 1.32 bits per heavy atom. The molecule has 7 heteroatoms. The summed E-state index contributed by atoms with van der Waals surface area (Å²) in [6.07, 6.45) is 2.72. The molecule has 1 unspecified atom stereocenters. The summed E-state index contributed by atoms with van der Waals surface area (Å²) in [6.45, 7) is 3.46. The highest BCUT2D eigenvalue weighted by Crippen LogP contribution is 2.26. The minimum absolute atomic E-state index is 0.117. The van der Waals surface area contributed by atoms with Crippen LogP contribution in [0.25, 0.3) is 11.3 Å². The second kappa shape index (κ2) is 7.98. The van der Waals surface area contributed by atoms with Gasteiger partial charge in [0.25, 0.3) is 5.91 Å². The highest BCUT2D eigenvalue weighted by atomic mass is 16.5. The number of carbonyl (C=O) groups excluding carboxylic acids is 1. The molecule has 1 atom stereocenters. The Bertz CT molecular complexity index is 961. The second-order valence-corrected chi connectivity index (χ2v) is 7.04. The average molecular weight is 379 g/mol. The molecule has 1 aromatic carbocycles. The molecule has 2 heterocycles. The molecule has 1 aliphatic carbocycles. The predicted octanol–water partition coefficient (Wildman–Crippen LogP) is 2.56. The Morgan fingerprint density at radius 3 is 2.89 bits per heavy atom. The van der Waals surface area contributed by atoms with Gasteiger partial charge in [-0.05, 0) is 26.2 Å². The number of nitrogens with one attached hydrogen (secondary N) is 2. The lowest BCUT2D eigenvalue weighted by molar-refractivity contribution is 0.0956. The first-order valence-electron chi connectivity index (χ1n) is 9.74. The van der Waals surface area contributed by atoms with Crippen molar-refractivity contribution in [2.75, 3.05) is 7.05 Å². The number of aryl methyl sites for hydroxylation is 1. The molecule has 2 N–H and O–H groups in total. The lowest BCUT2D eigenvalue weighted by Crippen LogP contribution is -2.35. The number of nitrogens with zero attached hydrogens (tertiary/aromatic N) is 3. The van der Waals surface area contributed by atoms with Crippen molar-refractivity contribution < 1.29 is 9.32 Å². The third kappa shape index (κ3) is 3.57. The van der Waals surface area contributed by atoms with Crippen LogP contribution in [0.15, 0.2) is 40.9 Å². The Labute approximate surface area is 164 Å². The number of benzene rings is 1. The maximum Gasteiger partial charge on any atom is 0.271 e. The van der Waals surface area contributed by atoms with Gasteiger partial charge < -0.3 is 15.2 Å². The number of carbonyl (C=O) groups is 1. The van der Waals surface area contributed by atoms with Crippen molar-refractivity contribution in [3.05, 3.63) is 59.0 Å². The summed E-state index contributed by atoms with van der Waals surface area (Å²) in [6, 6.07) is 12.2. The molecule has 0 aliphatic heterocycles. The van der Waals surface area contributed by atoms with Gasteiger partial charge in [0, 0.05) is 49.1 Å². The quantitative estimate of drug-likeness (QED) is 0.688. The summed E-state index contributed by atoms with van der Waals surface area (Å²) in [5.74, 6) is 0.655. The molecule has 3 aromatic rings. The van der Waals surface area contributed by atoms with Crippen molar-refractivity contribution in [1.29, 1.82) is 0 Å². The van der Waals surface area contributed by atoms with Crippen LogP contribution >= 0.6 is 0 Å². The van der Waals surface area contributed by atoms with Crippen molar-refractivity contribution in [2.24, 2.45) is 0 Å². The summed E-state index contributed by atoms with van der Waals surface area (Å²) < 4.78 is 7.43. The molecular weight excluding hydrogens is 354 g/mol. The fourth-order valence-electron chi connectivity index (χ4n) is 3.81. The van der Waals surface area contributed by atoms with Gasteiger partial charge in [-0.25, -0.2) is 0 Å². The fraction of sp³-hybridized carbons (Fsp3) is 0.381. The molecule has 7 nitrogen and oxygen atoms in total. The van der Waals surface area contributed by atoms with Gasteiger partial charge >= 0.3 is 0 Å².